The topological polar surface area (TPSA) is 24.1 Å². The molecular formula is C14H26N2. The van der Waals surface area contributed by atoms with Crippen LogP contribution in [0.5, 0.6) is 0 Å². The van der Waals surface area contributed by atoms with Gasteiger partial charge >= 0.3 is 0 Å². The van der Waals surface area contributed by atoms with Gasteiger partial charge in [-0.2, -0.15) is 0 Å². The maximum absolute atomic E-state index is 3.74. The van der Waals surface area contributed by atoms with E-state index in [2.05, 4.69) is 10.6 Å². The molecular weight excluding hydrogens is 196 g/mol. The molecule has 0 amide bonds. The molecule has 0 bridgehead atoms. The SMILES string of the molecule is C1CCC2CNCC3(CCNCC3)C2CC1. The van der Waals surface area contributed by atoms with E-state index in [4.69, 9.17) is 0 Å². The van der Waals surface area contributed by atoms with Crippen molar-refractivity contribution in [1.82, 2.24) is 10.6 Å². The monoisotopic (exact) mass is 222 g/mol. The van der Waals surface area contributed by atoms with Crippen molar-refractivity contribution in [3.05, 3.63) is 0 Å². The molecule has 2 aliphatic heterocycles. The predicted octanol–water partition coefficient (Wildman–Crippen LogP) is 2.16. The average Bonchev–Trinajstić information content (AvgIpc) is 2.57. The molecule has 1 spiro atoms. The summed E-state index contributed by atoms with van der Waals surface area (Å²) in [7, 11) is 0. The van der Waals surface area contributed by atoms with Crippen molar-refractivity contribution in [2.24, 2.45) is 17.3 Å². The Kier molecular flexibility index (Phi) is 3.21. The standard InChI is InChI=1S/C14H26N2/c1-2-4-12-10-16-11-14(13(12)5-3-1)6-8-15-9-7-14/h12-13,15-16H,1-11H2. The number of piperidine rings is 2. The van der Waals surface area contributed by atoms with Gasteiger partial charge in [0.05, 0.1) is 0 Å². The predicted molar refractivity (Wildman–Crippen MR) is 67.5 cm³/mol. The molecule has 0 aromatic rings. The molecule has 0 aromatic heterocycles. The Balaban J connectivity index is 1.80. The lowest BCUT2D eigenvalue weighted by molar-refractivity contribution is 0.0229. The first-order valence-corrected chi connectivity index (χ1v) is 7.32. The Labute approximate surface area is 99.6 Å². The number of fused-ring (bicyclic) bond motifs is 2. The third-order valence-electron chi connectivity index (χ3n) is 5.43. The fourth-order valence-corrected chi connectivity index (χ4v) is 4.54. The molecule has 3 fully saturated rings. The van der Waals surface area contributed by atoms with Crippen LogP contribution in [0.3, 0.4) is 0 Å². The Bertz CT molecular complexity index is 227. The van der Waals surface area contributed by atoms with Crippen molar-refractivity contribution in [2.75, 3.05) is 26.2 Å². The van der Waals surface area contributed by atoms with Gasteiger partial charge in [-0.25, -0.2) is 0 Å². The van der Waals surface area contributed by atoms with Crippen molar-refractivity contribution in [3.63, 3.8) is 0 Å². The van der Waals surface area contributed by atoms with Gasteiger partial charge in [-0.05, 0) is 62.6 Å². The van der Waals surface area contributed by atoms with Gasteiger partial charge in [0.2, 0.25) is 0 Å². The first kappa shape index (κ1) is 11.0. The minimum absolute atomic E-state index is 0.665. The van der Waals surface area contributed by atoms with Gasteiger partial charge in [-0.15, -0.1) is 0 Å². The van der Waals surface area contributed by atoms with Gasteiger partial charge in [-0.1, -0.05) is 19.3 Å². The molecule has 2 atom stereocenters. The Morgan fingerprint density at radius 2 is 1.69 bits per heavy atom. The Hall–Kier alpha value is -0.0800. The zero-order valence-corrected chi connectivity index (χ0v) is 10.4. The van der Waals surface area contributed by atoms with Gasteiger partial charge < -0.3 is 10.6 Å². The quantitative estimate of drug-likeness (QED) is 0.656. The third kappa shape index (κ3) is 1.91. The lowest BCUT2D eigenvalue weighted by Gasteiger charge is -2.50. The van der Waals surface area contributed by atoms with Gasteiger partial charge in [0.25, 0.3) is 0 Å². The molecule has 3 rings (SSSR count). The maximum atomic E-state index is 3.74. The average molecular weight is 222 g/mol. The Morgan fingerprint density at radius 1 is 0.875 bits per heavy atom. The molecule has 1 aliphatic carbocycles. The van der Waals surface area contributed by atoms with Gasteiger partial charge in [0.15, 0.2) is 0 Å². The summed E-state index contributed by atoms with van der Waals surface area (Å²) >= 11 is 0. The molecule has 2 N–H and O–H groups in total. The zero-order valence-electron chi connectivity index (χ0n) is 10.4. The number of nitrogens with one attached hydrogen (secondary N) is 2. The highest BCUT2D eigenvalue weighted by molar-refractivity contribution is 4.99. The van der Waals surface area contributed by atoms with E-state index in [1.165, 1.54) is 71.1 Å². The number of hydrogen-bond acceptors (Lipinski definition) is 2. The molecule has 2 nitrogen and oxygen atoms in total. The summed E-state index contributed by atoms with van der Waals surface area (Å²) in [6.45, 7) is 5.12. The normalized spacial score (nSPS) is 39.0. The van der Waals surface area contributed by atoms with E-state index in [0.717, 1.165) is 11.8 Å². The molecule has 0 radical (unpaired) electrons. The van der Waals surface area contributed by atoms with E-state index >= 15 is 0 Å². The highest BCUT2D eigenvalue weighted by Crippen LogP contribution is 2.48. The summed E-state index contributed by atoms with van der Waals surface area (Å²) in [6, 6.07) is 0. The van der Waals surface area contributed by atoms with E-state index < -0.39 is 0 Å². The summed E-state index contributed by atoms with van der Waals surface area (Å²) in [5.74, 6) is 2.03. The minimum atomic E-state index is 0.665. The maximum Gasteiger partial charge on any atom is 0.00116 e. The second-order valence-corrected chi connectivity index (χ2v) is 6.25. The van der Waals surface area contributed by atoms with Gasteiger partial charge in [0.1, 0.15) is 0 Å². The van der Waals surface area contributed by atoms with Gasteiger partial charge in [0, 0.05) is 6.54 Å². The summed E-state index contributed by atoms with van der Waals surface area (Å²) in [6.07, 6.45) is 10.3. The van der Waals surface area contributed by atoms with Crippen LogP contribution in [0, 0.1) is 17.3 Å². The van der Waals surface area contributed by atoms with E-state index in [-0.39, 0.29) is 0 Å². The molecule has 1 saturated carbocycles. The fourth-order valence-electron chi connectivity index (χ4n) is 4.54. The molecule has 2 saturated heterocycles. The van der Waals surface area contributed by atoms with Crippen molar-refractivity contribution >= 4 is 0 Å². The van der Waals surface area contributed by atoms with E-state index in [9.17, 15) is 0 Å². The highest BCUT2D eigenvalue weighted by atomic mass is 15.0. The van der Waals surface area contributed by atoms with Crippen LogP contribution in [0.25, 0.3) is 0 Å². The summed E-state index contributed by atoms with van der Waals surface area (Å²) in [5.41, 5.74) is 0.665. The molecule has 92 valence electrons. The molecule has 16 heavy (non-hydrogen) atoms. The molecule has 2 unspecified atom stereocenters. The largest absolute Gasteiger partial charge is 0.317 e. The summed E-state index contributed by atoms with van der Waals surface area (Å²) in [5, 5.41) is 7.28. The lowest BCUT2D eigenvalue weighted by atomic mass is 9.61. The molecule has 2 heterocycles. The first-order valence-electron chi connectivity index (χ1n) is 7.32. The van der Waals surface area contributed by atoms with Crippen molar-refractivity contribution in [1.29, 1.82) is 0 Å². The van der Waals surface area contributed by atoms with Crippen LogP contribution < -0.4 is 10.6 Å². The van der Waals surface area contributed by atoms with Crippen LogP contribution in [0.1, 0.15) is 44.9 Å². The number of hydrogen-bond donors (Lipinski definition) is 2. The van der Waals surface area contributed by atoms with Crippen LogP contribution in [0.4, 0.5) is 0 Å². The van der Waals surface area contributed by atoms with Crippen LogP contribution >= 0.6 is 0 Å². The van der Waals surface area contributed by atoms with E-state index in [0.29, 0.717) is 5.41 Å². The summed E-state index contributed by atoms with van der Waals surface area (Å²) in [4.78, 5) is 0. The summed E-state index contributed by atoms with van der Waals surface area (Å²) < 4.78 is 0. The first-order chi connectivity index (χ1) is 7.91. The van der Waals surface area contributed by atoms with E-state index in [1.54, 1.807) is 0 Å². The van der Waals surface area contributed by atoms with Crippen LogP contribution in [0.15, 0.2) is 0 Å². The second kappa shape index (κ2) is 4.66. The van der Waals surface area contributed by atoms with Gasteiger partial charge in [-0.3, -0.25) is 0 Å². The fraction of sp³-hybridized carbons (Fsp3) is 1.00. The highest BCUT2D eigenvalue weighted by Gasteiger charge is 2.45. The van der Waals surface area contributed by atoms with Crippen LogP contribution in [-0.2, 0) is 0 Å². The van der Waals surface area contributed by atoms with Crippen molar-refractivity contribution in [2.45, 2.75) is 44.9 Å². The molecule has 3 aliphatic rings. The number of rotatable bonds is 0. The van der Waals surface area contributed by atoms with Crippen LogP contribution in [0.2, 0.25) is 0 Å². The second-order valence-electron chi connectivity index (χ2n) is 6.25. The minimum Gasteiger partial charge on any atom is -0.317 e. The van der Waals surface area contributed by atoms with Crippen LogP contribution in [-0.4, -0.2) is 26.2 Å². The molecule has 0 aromatic carbocycles. The molecule has 2 heteroatoms. The van der Waals surface area contributed by atoms with Crippen molar-refractivity contribution < 1.29 is 0 Å². The Morgan fingerprint density at radius 3 is 2.56 bits per heavy atom. The van der Waals surface area contributed by atoms with Crippen molar-refractivity contribution in [3.8, 4) is 0 Å². The smallest absolute Gasteiger partial charge is 0.00116 e. The lowest BCUT2D eigenvalue weighted by Crippen LogP contribution is -2.55. The zero-order chi connectivity index (χ0) is 10.8. The van der Waals surface area contributed by atoms with E-state index in [1.807, 2.05) is 0 Å². The third-order valence-corrected chi connectivity index (χ3v) is 5.43.